The van der Waals surface area contributed by atoms with E-state index in [0.717, 1.165) is 0 Å². The zero-order chi connectivity index (χ0) is 24.9. The molecule has 0 aromatic heterocycles. The maximum absolute atomic E-state index is 12.8. The fourth-order valence-electron chi connectivity index (χ4n) is 3.78. The second kappa shape index (κ2) is 10.1. The highest BCUT2D eigenvalue weighted by atomic mass is 16.5. The third-order valence-electron chi connectivity index (χ3n) is 5.44. The van der Waals surface area contributed by atoms with Gasteiger partial charge in [0, 0.05) is 28.1 Å². The maximum Gasteiger partial charge on any atom is 0.323 e. The Balaban J connectivity index is 1.56. The van der Waals surface area contributed by atoms with Crippen molar-refractivity contribution in [2.45, 2.75) is 0 Å². The summed E-state index contributed by atoms with van der Waals surface area (Å²) in [7, 11) is 6.16. The van der Waals surface area contributed by atoms with Gasteiger partial charge in [-0.15, -0.1) is 0 Å². The van der Waals surface area contributed by atoms with Crippen LogP contribution < -0.4 is 34.9 Å². The second-order valence-electron chi connectivity index (χ2n) is 7.50. The van der Waals surface area contributed by atoms with Gasteiger partial charge in [0.1, 0.15) is 5.75 Å². The summed E-state index contributed by atoms with van der Waals surface area (Å²) in [6.45, 7) is 0. The predicted molar refractivity (Wildman–Crippen MR) is 135 cm³/mol. The molecule has 9 heteroatoms. The third kappa shape index (κ3) is 4.84. The van der Waals surface area contributed by atoms with Gasteiger partial charge in [0.25, 0.3) is 5.91 Å². The van der Waals surface area contributed by atoms with Crippen molar-refractivity contribution in [1.29, 1.82) is 0 Å². The van der Waals surface area contributed by atoms with Crippen LogP contribution in [0.2, 0.25) is 0 Å². The lowest BCUT2D eigenvalue weighted by Crippen LogP contribution is -2.19. The Morgan fingerprint density at radius 2 is 1.49 bits per heavy atom. The van der Waals surface area contributed by atoms with Gasteiger partial charge in [-0.2, -0.15) is 0 Å². The lowest BCUT2D eigenvalue weighted by Gasteiger charge is -2.14. The Bertz CT molecular complexity index is 1300. The number of carbonyl (C=O) groups excluding carboxylic acids is 2. The monoisotopic (exact) mass is 475 g/mol. The molecule has 0 aliphatic carbocycles. The van der Waals surface area contributed by atoms with E-state index in [0.29, 0.717) is 56.8 Å². The van der Waals surface area contributed by atoms with Crippen molar-refractivity contribution in [2.24, 2.45) is 0 Å². The molecule has 0 saturated heterocycles. The first-order valence-corrected chi connectivity index (χ1v) is 10.7. The molecule has 35 heavy (non-hydrogen) atoms. The van der Waals surface area contributed by atoms with Gasteiger partial charge in [0.05, 0.1) is 34.1 Å². The predicted octanol–water partition coefficient (Wildman–Crippen LogP) is 4.86. The van der Waals surface area contributed by atoms with Gasteiger partial charge >= 0.3 is 6.03 Å². The van der Waals surface area contributed by atoms with Crippen LogP contribution in [0.15, 0.2) is 54.6 Å². The largest absolute Gasteiger partial charge is 0.497 e. The van der Waals surface area contributed by atoms with Crippen LogP contribution in [-0.4, -0.2) is 40.4 Å². The molecule has 3 N–H and O–H groups in total. The van der Waals surface area contributed by atoms with Gasteiger partial charge in [0.2, 0.25) is 5.75 Å². The Labute approximate surface area is 202 Å². The summed E-state index contributed by atoms with van der Waals surface area (Å²) in [5, 5.41) is 8.37. The molecule has 9 nitrogen and oxygen atoms in total. The topological polar surface area (TPSA) is 107 Å². The lowest BCUT2D eigenvalue weighted by molar-refractivity contribution is -0.110. The number of methoxy groups -OCH3 is 4. The molecule has 1 aliphatic rings. The molecule has 1 aliphatic heterocycles. The van der Waals surface area contributed by atoms with Crippen LogP contribution in [0, 0.1) is 0 Å². The summed E-state index contributed by atoms with van der Waals surface area (Å²) in [6, 6.07) is 15.3. The highest BCUT2D eigenvalue weighted by Crippen LogP contribution is 2.42. The number of fused-ring (bicyclic) bond motifs is 1. The molecule has 4 rings (SSSR count). The van der Waals surface area contributed by atoms with Crippen LogP contribution >= 0.6 is 0 Å². The molecule has 0 saturated carbocycles. The number of hydrogen-bond acceptors (Lipinski definition) is 6. The van der Waals surface area contributed by atoms with Crippen molar-refractivity contribution in [3.8, 4) is 23.0 Å². The fraction of sp³-hybridized carbons (Fsp3) is 0.154. The van der Waals surface area contributed by atoms with Crippen LogP contribution in [-0.2, 0) is 4.79 Å². The van der Waals surface area contributed by atoms with E-state index in [2.05, 4.69) is 16.0 Å². The van der Waals surface area contributed by atoms with E-state index in [-0.39, 0.29) is 5.91 Å². The molecule has 180 valence electrons. The van der Waals surface area contributed by atoms with Crippen LogP contribution in [0.1, 0.15) is 11.1 Å². The molecule has 0 bridgehead atoms. The summed E-state index contributed by atoms with van der Waals surface area (Å²) in [5.74, 6) is 1.84. The number of urea groups is 1. The van der Waals surface area contributed by atoms with Crippen molar-refractivity contribution in [3.63, 3.8) is 0 Å². The number of ether oxygens (including phenoxy) is 4. The molecule has 3 aromatic rings. The first kappa shape index (κ1) is 23.5. The van der Waals surface area contributed by atoms with Gasteiger partial charge in [-0.25, -0.2) is 4.79 Å². The molecule has 3 aromatic carbocycles. The normalized spacial score (nSPS) is 13.0. The van der Waals surface area contributed by atoms with Crippen molar-refractivity contribution in [2.75, 3.05) is 44.4 Å². The van der Waals surface area contributed by atoms with Crippen LogP contribution in [0.3, 0.4) is 0 Å². The maximum atomic E-state index is 12.8. The molecule has 1 heterocycles. The van der Waals surface area contributed by atoms with E-state index in [4.69, 9.17) is 18.9 Å². The van der Waals surface area contributed by atoms with Crippen LogP contribution in [0.5, 0.6) is 23.0 Å². The van der Waals surface area contributed by atoms with Crippen molar-refractivity contribution >= 4 is 40.6 Å². The van der Waals surface area contributed by atoms with Crippen LogP contribution in [0.25, 0.3) is 11.6 Å². The Morgan fingerprint density at radius 3 is 2.14 bits per heavy atom. The Hall–Kier alpha value is -4.66. The Morgan fingerprint density at radius 1 is 0.800 bits per heavy atom. The molecule has 0 atom stereocenters. The number of anilines is 3. The first-order chi connectivity index (χ1) is 17.0. The summed E-state index contributed by atoms with van der Waals surface area (Å²) < 4.78 is 21.4. The first-order valence-electron chi connectivity index (χ1n) is 10.7. The van der Waals surface area contributed by atoms with Crippen molar-refractivity contribution in [1.82, 2.24) is 0 Å². The standard InChI is InChI=1S/C26H25N3O6/c1-32-18-9-6-16(7-10-18)27-26(31)28-17-8-11-19-20(25(30)29-21(19)14-17)13-15-5-12-22(33-2)24(35-4)23(15)34-3/h5-14H,1-4H3,(H,29,30)(H2,27,28,31)/b20-13+. The molecule has 0 fully saturated rings. The van der Waals surface area contributed by atoms with Gasteiger partial charge in [-0.3, -0.25) is 4.79 Å². The average molecular weight is 476 g/mol. The number of rotatable bonds is 7. The van der Waals surface area contributed by atoms with E-state index in [9.17, 15) is 9.59 Å². The second-order valence-corrected chi connectivity index (χ2v) is 7.50. The summed E-state index contributed by atoms with van der Waals surface area (Å²) in [6.07, 6.45) is 1.73. The van der Waals surface area contributed by atoms with Crippen LogP contribution in [0.4, 0.5) is 21.9 Å². The number of benzene rings is 3. The Kier molecular flexibility index (Phi) is 6.77. The van der Waals surface area contributed by atoms with E-state index in [1.54, 1.807) is 74.9 Å². The highest BCUT2D eigenvalue weighted by Gasteiger charge is 2.26. The van der Waals surface area contributed by atoms with Crippen molar-refractivity contribution < 1.29 is 28.5 Å². The summed E-state index contributed by atoms with van der Waals surface area (Å²) in [4.78, 5) is 25.2. The average Bonchev–Trinajstić information content (AvgIpc) is 3.17. The summed E-state index contributed by atoms with van der Waals surface area (Å²) >= 11 is 0. The number of nitrogens with one attached hydrogen (secondary N) is 3. The zero-order valence-corrected chi connectivity index (χ0v) is 19.7. The van der Waals surface area contributed by atoms with Gasteiger partial charge in [-0.1, -0.05) is 6.07 Å². The van der Waals surface area contributed by atoms with E-state index in [1.807, 2.05) is 0 Å². The van der Waals surface area contributed by atoms with Gasteiger partial charge in [-0.05, 0) is 54.6 Å². The summed E-state index contributed by atoms with van der Waals surface area (Å²) in [5.41, 5.74) is 3.55. The number of carbonyl (C=O) groups is 2. The minimum Gasteiger partial charge on any atom is -0.497 e. The van der Waals surface area contributed by atoms with E-state index < -0.39 is 6.03 Å². The molecule has 0 unspecified atom stereocenters. The van der Waals surface area contributed by atoms with Crippen molar-refractivity contribution in [3.05, 3.63) is 65.7 Å². The molecule has 0 spiro atoms. The number of hydrogen-bond donors (Lipinski definition) is 3. The third-order valence-corrected chi connectivity index (χ3v) is 5.44. The SMILES string of the molecule is COc1ccc(NC(=O)Nc2ccc3c(c2)NC(=O)/C3=C/c2ccc(OC)c(OC)c2OC)cc1. The van der Waals surface area contributed by atoms with E-state index >= 15 is 0 Å². The quantitative estimate of drug-likeness (QED) is 0.422. The number of amides is 3. The van der Waals surface area contributed by atoms with E-state index in [1.165, 1.54) is 14.2 Å². The van der Waals surface area contributed by atoms with Gasteiger partial charge in [0.15, 0.2) is 11.5 Å². The van der Waals surface area contributed by atoms with Gasteiger partial charge < -0.3 is 34.9 Å². The molecule has 3 amide bonds. The molecule has 0 radical (unpaired) electrons. The zero-order valence-electron chi connectivity index (χ0n) is 19.7. The highest BCUT2D eigenvalue weighted by molar-refractivity contribution is 6.35. The minimum absolute atomic E-state index is 0.267. The fourth-order valence-corrected chi connectivity index (χ4v) is 3.78. The molecular formula is C26H25N3O6. The lowest BCUT2D eigenvalue weighted by atomic mass is 10.0. The minimum atomic E-state index is -0.412. The molecular weight excluding hydrogens is 450 g/mol. The smallest absolute Gasteiger partial charge is 0.323 e.